The van der Waals surface area contributed by atoms with Crippen molar-refractivity contribution in [1.29, 1.82) is 0 Å². The van der Waals surface area contributed by atoms with Crippen LogP contribution in [-0.4, -0.2) is 10.5 Å². The van der Waals surface area contributed by atoms with E-state index in [0.29, 0.717) is 22.2 Å². The lowest BCUT2D eigenvalue weighted by molar-refractivity contribution is 0.100. The summed E-state index contributed by atoms with van der Waals surface area (Å²) in [5.74, 6) is -0.432. The van der Waals surface area contributed by atoms with Crippen LogP contribution in [0.15, 0.2) is 54.6 Å². The molecule has 0 bridgehead atoms. The highest BCUT2D eigenvalue weighted by Crippen LogP contribution is 2.35. The van der Waals surface area contributed by atoms with Crippen LogP contribution in [0, 0.1) is 0 Å². The minimum absolute atomic E-state index is 0.432. The van der Waals surface area contributed by atoms with E-state index in [1.165, 1.54) is 5.56 Å². The Kier molecular flexibility index (Phi) is 5.05. The van der Waals surface area contributed by atoms with Gasteiger partial charge in [-0.25, -0.2) is 0 Å². The van der Waals surface area contributed by atoms with Gasteiger partial charge in [-0.3, -0.25) is 4.79 Å². The maximum atomic E-state index is 12.1. The molecular formula is C23H20Cl2N2O. The first-order valence-corrected chi connectivity index (χ1v) is 10.0. The summed E-state index contributed by atoms with van der Waals surface area (Å²) in [6.07, 6.45) is 2.06. The molecule has 0 aliphatic rings. The predicted molar refractivity (Wildman–Crippen MR) is 118 cm³/mol. The van der Waals surface area contributed by atoms with Crippen LogP contribution in [0.1, 0.15) is 34.8 Å². The molecule has 4 rings (SSSR count). The molecule has 0 atom stereocenters. The lowest BCUT2D eigenvalue weighted by atomic mass is 10.0. The number of aromatic nitrogens is 1. The summed E-state index contributed by atoms with van der Waals surface area (Å²) in [6, 6.07) is 17.6. The van der Waals surface area contributed by atoms with E-state index in [2.05, 4.69) is 29.7 Å². The maximum Gasteiger partial charge on any atom is 0.249 e. The monoisotopic (exact) mass is 410 g/mol. The normalized spacial score (nSPS) is 11.4. The lowest BCUT2D eigenvalue weighted by Gasteiger charge is -2.12. The number of carbonyl (C=O) groups excluding carboxylic acids is 1. The molecule has 4 aromatic rings. The standard InChI is InChI=1S/C23H20Cl2N2O/c1-2-5-14-10-11-15-21(12-14)27(13-17-18(24)7-4-8-19(17)25)20-9-3-6-16(22(15)20)23(26)28/h3-4,6-12H,2,5,13H2,1H3,(H2,26,28). The highest BCUT2D eigenvalue weighted by Gasteiger charge is 2.18. The first-order chi connectivity index (χ1) is 13.5. The summed E-state index contributed by atoms with van der Waals surface area (Å²) >= 11 is 12.9. The van der Waals surface area contributed by atoms with Crippen LogP contribution < -0.4 is 5.73 Å². The third-order valence-corrected chi connectivity index (χ3v) is 5.85. The first kappa shape index (κ1) is 18.9. The number of rotatable bonds is 5. The number of fused-ring (bicyclic) bond motifs is 3. The van der Waals surface area contributed by atoms with Gasteiger partial charge in [0, 0.05) is 37.5 Å². The Balaban J connectivity index is 2.05. The molecular weight excluding hydrogens is 391 g/mol. The molecule has 0 unspecified atom stereocenters. The van der Waals surface area contributed by atoms with Crippen LogP contribution in [0.3, 0.4) is 0 Å². The van der Waals surface area contributed by atoms with Crippen molar-refractivity contribution >= 4 is 50.9 Å². The number of benzene rings is 3. The quantitative estimate of drug-likeness (QED) is 0.418. The fraction of sp³-hybridized carbons (Fsp3) is 0.174. The van der Waals surface area contributed by atoms with E-state index in [0.717, 1.165) is 40.2 Å². The van der Waals surface area contributed by atoms with Gasteiger partial charge in [-0.15, -0.1) is 0 Å². The highest BCUT2D eigenvalue weighted by molar-refractivity contribution is 6.36. The van der Waals surface area contributed by atoms with Crippen molar-refractivity contribution in [2.45, 2.75) is 26.3 Å². The molecule has 142 valence electrons. The Morgan fingerprint density at radius 2 is 1.71 bits per heavy atom. The van der Waals surface area contributed by atoms with E-state index in [1.807, 2.05) is 30.3 Å². The van der Waals surface area contributed by atoms with Crippen molar-refractivity contribution in [3.8, 4) is 0 Å². The summed E-state index contributed by atoms with van der Waals surface area (Å²) in [5.41, 5.74) is 10.3. The van der Waals surface area contributed by atoms with Gasteiger partial charge < -0.3 is 10.3 Å². The fourth-order valence-electron chi connectivity index (χ4n) is 3.85. The fourth-order valence-corrected chi connectivity index (χ4v) is 4.37. The van der Waals surface area contributed by atoms with Gasteiger partial charge in [-0.05, 0) is 42.3 Å². The molecule has 3 nitrogen and oxygen atoms in total. The van der Waals surface area contributed by atoms with Crippen LogP contribution in [0.2, 0.25) is 10.0 Å². The summed E-state index contributed by atoms with van der Waals surface area (Å²) in [7, 11) is 0. The molecule has 0 aliphatic heterocycles. The Labute approximate surface area is 173 Å². The third kappa shape index (κ3) is 3.15. The van der Waals surface area contributed by atoms with Gasteiger partial charge in [-0.1, -0.05) is 60.8 Å². The molecule has 2 N–H and O–H groups in total. The Morgan fingerprint density at radius 1 is 1.00 bits per heavy atom. The summed E-state index contributed by atoms with van der Waals surface area (Å²) in [6.45, 7) is 2.67. The van der Waals surface area contributed by atoms with Crippen LogP contribution in [0.4, 0.5) is 0 Å². The second-order valence-electron chi connectivity index (χ2n) is 6.95. The van der Waals surface area contributed by atoms with Gasteiger partial charge >= 0.3 is 0 Å². The second-order valence-corrected chi connectivity index (χ2v) is 7.77. The van der Waals surface area contributed by atoms with Crippen molar-refractivity contribution in [2.75, 3.05) is 0 Å². The molecule has 0 aliphatic carbocycles. The number of hydrogen-bond acceptors (Lipinski definition) is 1. The molecule has 1 aromatic heterocycles. The van der Waals surface area contributed by atoms with E-state index >= 15 is 0 Å². The van der Waals surface area contributed by atoms with Gasteiger partial charge in [-0.2, -0.15) is 0 Å². The zero-order chi connectivity index (χ0) is 19.8. The number of carbonyl (C=O) groups is 1. The minimum Gasteiger partial charge on any atom is -0.366 e. The number of primary amides is 1. The van der Waals surface area contributed by atoms with Gasteiger partial charge in [0.15, 0.2) is 0 Å². The van der Waals surface area contributed by atoms with Crippen molar-refractivity contribution in [2.24, 2.45) is 5.73 Å². The number of nitrogens with zero attached hydrogens (tertiary/aromatic N) is 1. The maximum absolute atomic E-state index is 12.1. The zero-order valence-electron chi connectivity index (χ0n) is 15.5. The van der Waals surface area contributed by atoms with Crippen molar-refractivity contribution in [3.05, 3.63) is 81.3 Å². The van der Waals surface area contributed by atoms with E-state index in [-0.39, 0.29) is 0 Å². The topological polar surface area (TPSA) is 48.0 Å². The van der Waals surface area contributed by atoms with Crippen LogP contribution in [0.25, 0.3) is 21.8 Å². The van der Waals surface area contributed by atoms with Crippen LogP contribution in [-0.2, 0) is 13.0 Å². The molecule has 0 fully saturated rings. The summed E-state index contributed by atoms with van der Waals surface area (Å²) in [4.78, 5) is 12.1. The Morgan fingerprint density at radius 3 is 2.39 bits per heavy atom. The lowest BCUT2D eigenvalue weighted by Crippen LogP contribution is -2.11. The number of amides is 1. The number of hydrogen-bond donors (Lipinski definition) is 1. The highest BCUT2D eigenvalue weighted by atomic mass is 35.5. The van der Waals surface area contributed by atoms with Gasteiger partial charge in [0.2, 0.25) is 5.91 Å². The summed E-state index contributed by atoms with van der Waals surface area (Å²) < 4.78 is 2.17. The first-order valence-electron chi connectivity index (χ1n) is 9.27. The number of aryl methyl sites for hydroxylation is 1. The van der Waals surface area contributed by atoms with Gasteiger partial charge in [0.1, 0.15) is 0 Å². The Bertz CT molecular complexity index is 1190. The third-order valence-electron chi connectivity index (χ3n) is 5.14. The van der Waals surface area contributed by atoms with Crippen LogP contribution >= 0.6 is 23.2 Å². The van der Waals surface area contributed by atoms with Crippen molar-refractivity contribution in [1.82, 2.24) is 4.57 Å². The second kappa shape index (κ2) is 7.50. The molecule has 1 heterocycles. The molecule has 28 heavy (non-hydrogen) atoms. The predicted octanol–water partition coefficient (Wildman–Crippen LogP) is 6.20. The Hall–Kier alpha value is -2.49. The van der Waals surface area contributed by atoms with Crippen molar-refractivity contribution < 1.29 is 4.79 Å². The molecule has 0 saturated heterocycles. The zero-order valence-corrected chi connectivity index (χ0v) is 17.0. The SMILES string of the molecule is CCCc1ccc2c3c(C(N)=O)cccc3n(Cc3c(Cl)cccc3Cl)c2c1. The smallest absolute Gasteiger partial charge is 0.249 e. The van der Waals surface area contributed by atoms with E-state index in [9.17, 15) is 4.79 Å². The molecule has 5 heteroatoms. The van der Waals surface area contributed by atoms with Crippen LogP contribution in [0.5, 0.6) is 0 Å². The molecule has 3 aromatic carbocycles. The molecule has 0 spiro atoms. The average Bonchev–Trinajstić information content (AvgIpc) is 2.98. The molecule has 0 saturated carbocycles. The largest absolute Gasteiger partial charge is 0.366 e. The van der Waals surface area contributed by atoms with E-state index in [4.69, 9.17) is 28.9 Å². The van der Waals surface area contributed by atoms with E-state index < -0.39 is 5.91 Å². The van der Waals surface area contributed by atoms with E-state index in [1.54, 1.807) is 6.07 Å². The molecule has 1 amide bonds. The van der Waals surface area contributed by atoms with Gasteiger partial charge in [0.25, 0.3) is 0 Å². The van der Waals surface area contributed by atoms with Crippen molar-refractivity contribution in [3.63, 3.8) is 0 Å². The molecule has 0 radical (unpaired) electrons. The van der Waals surface area contributed by atoms with Gasteiger partial charge in [0.05, 0.1) is 12.1 Å². The number of nitrogens with two attached hydrogens (primary N) is 1. The minimum atomic E-state index is -0.432. The summed E-state index contributed by atoms with van der Waals surface area (Å²) in [5, 5.41) is 3.13. The number of halogens is 2. The average molecular weight is 411 g/mol.